The fourth-order valence-electron chi connectivity index (χ4n) is 7.10. The predicted octanol–water partition coefficient (Wildman–Crippen LogP) is 5.44. The smallest absolute Gasteiger partial charge is 0.0256 e. The van der Waals surface area contributed by atoms with Crippen LogP contribution >= 0.6 is 0 Å². The van der Waals surface area contributed by atoms with Crippen molar-refractivity contribution in [1.29, 1.82) is 0 Å². The Kier molecular flexibility index (Phi) is 3.08. The van der Waals surface area contributed by atoms with Gasteiger partial charge in [-0.05, 0) is 85.9 Å². The Morgan fingerprint density at radius 3 is 2.57 bits per heavy atom. The van der Waals surface area contributed by atoms with E-state index in [0.29, 0.717) is 16.7 Å². The number of terminal acetylenes is 1. The molecule has 4 rings (SSSR count). The molecule has 0 heterocycles. The standard InChI is InChI=1S/C21H30/c1-4-15-9-11-18-17-10-8-16-7-5-6-13-20(16,2)19(17)12-14-21(15,18)3/h1,5,7,15-19H,6,8-14H2,2-3H3/t15?,16?,17-,18-,19-,20-,21+/m0/s1. The maximum atomic E-state index is 5.87. The lowest BCUT2D eigenvalue weighted by molar-refractivity contribution is -0.0861. The molecule has 0 radical (unpaired) electrons. The lowest BCUT2D eigenvalue weighted by atomic mass is 9.45. The van der Waals surface area contributed by atoms with Gasteiger partial charge in [-0.1, -0.05) is 26.0 Å². The molecule has 0 saturated heterocycles. The molecule has 7 atom stereocenters. The van der Waals surface area contributed by atoms with Crippen molar-refractivity contribution in [1.82, 2.24) is 0 Å². The molecule has 0 nitrogen and oxygen atoms in total. The van der Waals surface area contributed by atoms with Crippen molar-refractivity contribution in [2.24, 2.45) is 40.4 Å². The second-order valence-corrected chi connectivity index (χ2v) is 8.87. The van der Waals surface area contributed by atoms with Crippen molar-refractivity contribution in [2.75, 3.05) is 0 Å². The molecule has 3 saturated carbocycles. The van der Waals surface area contributed by atoms with Crippen LogP contribution in [0.25, 0.3) is 0 Å². The third-order valence-corrected chi connectivity index (χ3v) is 8.36. The minimum atomic E-state index is 0.462. The third-order valence-electron chi connectivity index (χ3n) is 8.36. The van der Waals surface area contributed by atoms with Gasteiger partial charge in [0.15, 0.2) is 0 Å². The normalized spacial score (nSPS) is 55.2. The molecule has 4 aliphatic rings. The van der Waals surface area contributed by atoms with Crippen LogP contribution < -0.4 is 0 Å². The van der Waals surface area contributed by atoms with Gasteiger partial charge in [0.1, 0.15) is 0 Å². The number of allylic oxidation sites excluding steroid dienone is 2. The molecule has 0 aromatic heterocycles. The van der Waals surface area contributed by atoms with E-state index in [1.54, 1.807) is 0 Å². The summed E-state index contributed by atoms with van der Waals surface area (Å²) in [6.45, 7) is 5.15. The van der Waals surface area contributed by atoms with Gasteiger partial charge in [-0.3, -0.25) is 0 Å². The lowest BCUT2D eigenvalue weighted by Crippen LogP contribution is -2.51. The van der Waals surface area contributed by atoms with E-state index in [9.17, 15) is 0 Å². The quantitative estimate of drug-likeness (QED) is 0.409. The molecule has 0 spiro atoms. The van der Waals surface area contributed by atoms with E-state index >= 15 is 0 Å². The maximum absolute atomic E-state index is 5.87. The number of hydrogen-bond donors (Lipinski definition) is 0. The Morgan fingerprint density at radius 2 is 1.76 bits per heavy atom. The molecule has 0 bridgehead atoms. The van der Waals surface area contributed by atoms with Crippen molar-refractivity contribution >= 4 is 0 Å². The molecule has 2 unspecified atom stereocenters. The topological polar surface area (TPSA) is 0 Å². The van der Waals surface area contributed by atoms with E-state index in [1.807, 2.05) is 0 Å². The van der Waals surface area contributed by atoms with Crippen molar-refractivity contribution < 1.29 is 0 Å². The predicted molar refractivity (Wildman–Crippen MR) is 88.6 cm³/mol. The Hall–Kier alpha value is -0.700. The zero-order valence-electron chi connectivity index (χ0n) is 13.8. The highest BCUT2D eigenvalue weighted by molar-refractivity contribution is 5.16. The molecule has 21 heavy (non-hydrogen) atoms. The highest BCUT2D eigenvalue weighted by Crippen LogP contribution is 2.66. The first-order valence-corrected chi connectivity index (χ1v) is 9.22. The molecule has 0 aromatic rings. The molecular weight excluding hydrogens is 252 g/mol. The van der Waals surface area contributed by atoms with Crippen LogP contribution in [0.2, 0.25) is 0 Å². The summed E-state index contributed by atoms with van der Waals surface area (Å²) >= 11 is 0. The minimum Gasteiger partial charge on any atom is -0.120 e. The highest BCUT2D eigenvalue weighted by Gasteiger charge is 2.58. The van der Waals surface area contributed by atoms with Crippen LogP contribution in [-0.2, 0) is 0 Å². The highest BCUT2D eigenvalue weighted by atomic mass is 14.6. The average Bonchev–Trinajstić information content (AvgIpc) is 2.83. The molecule has 114 valence electrons. The van der Waals surface area contributed by atoms with Gasteiger partial charge in [0.05, 0.1) is 0 Å². The van der Waals surface area contributed by atoms with Crippen LogP contribution in [-0.4, -0.2) is 0 Å². The first-order chi connectivity index (χ1) is 10.1. The first kappa shape index (κ1) is 13.9. The molecular formula is C21H30. The second-order valence-electron chi connectivity index (χ2n) is 8.87. The summed E-state index contributed by atoms with van der Waals surface area (Å²) < 4.78 is 0. The van der Waals surface area contributed by atoms with Crippen LogP contribution in [0.3, 0.4) is 0 Å². The van der Waals surface area contributed by atoms with Crippen molar-refractivity contribution in [3.8, 4) is 12.3 Å². The number of fused-ring (bicyclic) bond motifs is 5. The fourth-order valence-corrected chi connectivity index (χ4v) is 7.10. The summed E-state index contributed by atoms with van der Waals surface area (Å²) in [5, 5.41) is 0. The van der Waals surface area contributed by atoms with Gasteiger partial charge in [-0.2, -0.15) is 0 Å². The van der Waals surface area contributed by atoms with Crippen LogP contribution in [0, 0.1) is 52.8 Å². The van der Waals surface area contributed by atoms with Crippen molar-refractivity contribution in [3.63, 3.8) is 0 Å². The van der Waals surface area contributed by atoms with E-state index < -0.39 is 0 Å². The zero-order chi connectivity index (χ0) is 14.7. The van der Waals surface area contributed by atoms with Gasteiger partial charge in [-0.15, -0.1) is 12.3 Å². The van der Waals surface area contributed by atoms with Gasteiger partial charge in [0, 0.05) is 5.92 Å². The van der Waals surface area contributed by atoms with Crippen LogP contribution in [0.5, 0.6) is 0 Å². The monoisotopic (exact) mass is 282 g/mol. The molecule has 4 aliphatic carbocycles. The number of rotatable bonds is 0. The molecule has 3 fully saturated rings. The van der Waals surface area contributed by atoms with Gasteiger partial charge < -0.3 is 0 Å². The average molecular weight is 282 g/mol. The SMILES string of the molecule is C#CC1CC[C@H]2[C@@H]3CCC4C=CCC[C@]4(C)[C@H]3CC[C@]12C. The maximum Gasteiger partial charge on any atom is 0.0256 e. The Bertz CT molecular complexity index is 495. The largest absolute Gasteiger partial charge is 0.120 e. The summed E-state index contributed by atoms with van der Waals surface area (Å²) in [5.41, 5.74) is 1.05. The van der Waals surface area contributed by atoms with E-state index in [-0.39, 0.29) is 0 Å². The third kappa shape index (κ3) is 1.76. The summed E-state index contributed by atoms with van der Waals surface area (Å²) in [6.07, 6.45) is 22.0. The minimum absolute atomic E-state index is 0.462. The summed E-state index contributed by atoms with van der Waals surface area (Å²) in [7, 11) is 0. The van der Waals surface area contributed by atoms with E-state index in [0.717, 1.165) is 23.7 Å². The van der Waals surface area contributed by atoms with Crippen molar-refractivity contribution in [2.45, 2.75) is 65.2 Å². The Balaban J connectivity index is 1.66. The summed E-state index contributed by atoms with van der Waals surface area (Å²) in [6, 6.07) is 0. The molecule has 0 aromatic carbocycles. The lowest BCUT2D eigenvalue weighted by Gasteiger charge is -2.59. The van der Waals surface area contributed by atoms with E-state index in [4.69, 9.17) is 6.42 Å². The van der Waals surface area contributed by atoms with Gasteiger partial charge in [-0.25, -0.2) is 0 Å². The van der Waals surface area contributed by atoms with E-state index in [2.05, 4.69) is 31.9 Å². The Labute approximate surface area is 130 Å². The molecule has 0 aliphatic heterocycles. The Morgan fingerprint density at radius 1 is 0.952 bits per heavy atom. The van der Waals surface area contributed by atoms with Crippen molar-refractivity contribution in [3.05, 3.63) is 12.2 Å². The summed E-state index contributed by atoms with van der Waals surface area (Å²) in [5.74, 6) is 7.43. The number of hydrogen-bond acceptors (Lipinski definition) is 0. The van der Waals surface area contributed by atoms with Gasteiger partial charge in [0.2, 0.25) is 0 Å². The second kappa shape index (κ2) is 4.65. The van der Waals surface area contributed by atoms with E-state index in [1.165, 1.54) is 51.4 Å². The summed E-state index contributed by atoms with van der Waals surface area (Å²) in [4.78, 5) is 0. The molecule has 0 heteroatoms. The van der Waals surface area contributed by atoms with Crippen LogP contribution in [0.1, 0.15) is 65.2 Å². The molecule has 0 N–H and O–H groups in total. The fraction of sp³-hybridized carbons (Fsp3) is 0.810. The van der Waals surface area contributed by atoms with Gasteiger partial charge in [0.25, 0.3) is 0 Å². The van der Waals surface area contributed by atoms with Gasteiger partial charge >= 0.3 is 0 Å². The van der Waals surface area contributed by atoms with Crippen LogP contribution in [0.4, 0.5) is 0 Å². The zero-order valence-corrected chi connectivity index (χ0v) is 13.8. The first-order valence-electron chi connectivity index (χ1n) is 9.22. The molecule has 0 amide bonds. The van der Waals surface area contributed by atoms with Crippen LogP contribution in [0.15, 0.2) is 12.2 Å².